The summed E-state index contributed by atoms with van der Waals surface area (Å²) in [6, 6.07) is 7.03. The molecule has 1 fully saturated rings. The largest absolute Gasteiger partial charge is 0.453 e. The van der Waals surface area contributed by atoms with E-state index >= 15 is 0 Å². The molecule has 1 saturated heterocycles. The van der Waals surface area contributed by atoms with Gasteiger partial charge in [-0.15, -0.1) is 0 Å². The topological polar surface area (TPSA) is 66.9 Å². The minimum Gasteiger partial charge on any atom is -0.453 e. The Balaban J connectivity index is 2.12. The van der Waals surface area contributed by atoms with Gasteiger partial charge >= 0.3 is 6.09 Å². The third-order valence-corrected chi connectivity index (χ3v) is 5.94. The Hall–Kier alpha value is -1.60. The van der Waals surface area contributed by atoms with Gasteiger partial charge in [-0.2, -0.15) is 4.31 Å². The molecule has 1 aliphatic heterocycles. The van der Waals surface area contributed by atoms with E-state index < -0.39 is 16.1 Å². The summed E-state index contributed by atoms with van der Waals surface area (Å²) in [6.07, 6.45) is -0.420. The molecule has 0 saturated carbocycles. The number of amides is 1. The Morgan fingerprint density at radius 1 is 1.04 bits per heavy atom. The first-order valence-electron chi connectivity index (χ1n) is 7.60. The van der Waals surface area contributed by atoms with Gasteiger partial charge < -0.3 is 9.64 Å². The molecule has 0 spiro atoms. The van der Waals surface area contributed by atoms with Crippen LogP contribution in [-0.2, 0) is 20.2 Å². The maximum absolute atomic E-state index is 12.7. The van der Waals surface area contributed by atoms with Gasteiger partial charge in [0, 0.05) is 26.2 Å². The monoisotopic (exact) mass is 340 g/mol. The average Bonchev–Trinajstić information content (AvgIpc) is 2.53. The first kappa shape index (κ1) is 17.7. The normalized spacial score (nSPS) is 17.1. The molecule has 6 nitrogen and oxygen atoms in total. The summed E-state index contributed by atoms with van der Waals surface area (Å²) in [5.41, 5.74) is 1.07. The number of carbonyl (C=O) groups is 1. The van der Waals surface area contributed by atoms with Gasteiger partial charge in [0.25, 0.3) is 0 Å². The predicted octanol–water partition coefficient (Wildman–Crippen LogP) is 2.06. The Kier molecular flexibility index (Phi) is 5.01. The molecule has 0 aliphatic carbocycles. The maximum atomic E-state index is 12.7. The number of carbonyl (C=O) groups excluding carboxylic acids is 1. The van der Waals surface area contributed by atoms with Crippen molar-refractivity contribution in [1.29, 1.82) is 0 Å². The molecule has 0 aromatic heterocycles. The molecule has 0 radical (unpaired) electrons. The third kappa shape index (κ3) is 3.84. The zero-order valence-corrected chi connectivity index (χ0v) is 14.9. The summed E-state index contributed by atoms with van der Waals surface area (Å²) in [7, 11) is -2.20. The van der Waals surface area contributed by atoms with Crippen molar-refractivity contribution in [3.8, 4) is 0 Å². The molecule has 2 rings (SSSR count). The molecule has 0 bridgehead atoms. The average molecular weight is 340 g/mol. The Bertz CT molecular complexity index is 654. The number of hydrogen-bond acceptors (Lipinski definition) is 4. The Morgan fingerprint density at radius 3 is 2.00 bits per heavy atom. The lowest BCUT2D eigenvalue weighted by Gasteiger charge is -2.33. The lowest BCUT2D eigenvalue weighted by Crippen LogP contribution is -2.50. The van der Waals surface area contributed by atoms with Crippen LogP contribution in [-0.4, -0.2) is 57.0 Å². The van der Waals surface area contributed by atoms with Gasteiger partial charge in [-0.3, -0.25) is 0 Å². The molecule has 1 aliphatic rings. The van der Waals surface area contributed by atoms with Gasteiger partial charge in [0.1, 0.15) is 0 Å². The summed E-state index contributed by atoms with van der Waals surface area (Å²) < 4.78 is 31.4. The SMILES string of the molecule is COC(=O)N1CCN(S(=O)(=O)c2ccc(C(C)(C)C)cc2)CC1. The zero-order valence-electron chi connectivity index (χ0n) is 14.1. The first-order chi connectivity index (χ1) is 10.7. The second-order valence-electron chi connectivity index (χ2n) is 6.64. The van der Waals surface area contributed by atoms with E-state index in [1.165, 1.54) is 16.3 Å². The van der Waals surface area contributed by atoms with Crippen LogP contribution in [0.2, 0.25) is 0 Å². The van der Waals surface area contributed by atoms with Crippen molar-refractivity contribution >= 4 is 16.1 Å². The van der Waals surface area contributed by atoms with Crippen molar-refractivity contribution in [3.05, 3.63) is 29.8 Å². The highest BCUT2D eigenvalue weighted by atomic mass is 32.2. The van der Waals surface area contributed by atoms with Crippen molar-refractivity contribution in [2.75, 3.05) is 33.3 Å². The number of piperazine rings is 1. The van der Waals surface area contributed by atoms with E-state index in [1.54, 1.807) is 12.1 Å². The van der Waals surface area contributed by atoms with Gasteiger partial charge in [0.15, 0.2) is 0 Å². The standard InChI is InChI=1S/C16H24N2O4S/c1-16(2,3)13-5-7-14(8-6-13)23(20,21)18-11-9-17(10-12-18)15(19)22-4/h5-8H,9-12H2,1-4H3. The smallest absolute Gasteiger partial charge is 0.409 e. The molecular weight excluding hydrogens is 316 g/mol. The Morgan fingerprint density at radius 2 is 1.57 bits per heavy atom. The first-order valence-corrected chi connectivity index (χ1v) is 9.04. The number of ether oxygens (including phenoxy) is 1. The molecule has 128 valence electrons. The van der Waals surface area contributed by atoms with E-state index in [4.69, 9.17) is 0 Å². The molecule has 0 atom stereocenters. The highest BCUT2D eigenvalue weighted by molar-refractivity contribution is 7.89. The molecule has 1 amide bonds. The van der Waals surface area contributed by atoms with E-state index in [2.05, 4.69) is 25.5 Å². The number of benzene rings is 1. The molecule has 1 heterocycles. The zero-order chi connectivity index (χ0) is 17.3. The molecule has 1 aromatic rings. The molecule has 0 N–H and O–H groups in total. The van der Waals surface area contributed by atoms with E-state index in [0.717, 1.165) is 5.56 Å². The van der Waals surface area contributed by atoms with Crippen molar-refractivity contribution in [3.63, 3.8) is 0 Å². The number of nitrogens with zero attached hydrogens (tertiary/aromatic N) is 2. The van der Waals surface area contributed by atoms with Gasteiger partial charge in [-0.05, 0) is 23.1 Å². The lowest BCUT2D eigenvalue weighted by atomic mass is 9.87. The fraction of sp³-hybridized carbons (Fsp3) is 0.562. The van der Waals surface area contributed by atoms with Crippen LogP contribution in [0.4, 0.5) is 4.79 Å². The van der Waals surface area contributed by atoms with Gasteiger partial charge in [0.2, 0.25) is 10.0 Å². The predicted molar refractivity (Wildman–Crippen MR) is 87.9 cm³/mol. The van der Waals surface area contributed by atoms with Crippen molar-refractivity contribution in [2.45, 2.75) is 31.1 Å². The second-order valence-corrected chi connectivity index (χ2v) is 8.57. The minimum absolute atomic E-state index is 0.0194. The van der Waals surface area contributed by atoms with E-state index in [0.29, 0.717) is 13.1 Å². The van der Waals surface area contributed by atoms with Crippen molar-refractivity contribution < 1.29 is 17.9 Å². The van der Waals surface area contributed by atoms with Gasteiger partial charge in [0.05, 0.1) is 12.0 Å². The number of rotatable bonds is 2. The van der Waals surface area contributed by atoms with Crippen LogP contribution in [0.15, 0.2) is 29.2 Å². The van der Waals surface area contributed by atoms with Gasteiger partial charge in [-0.1, -0.05) is 32.9 Å². The fourth-order valence-corrected chi connectivity index (χ4v) is 3.94. The van der Waals surface area contributed by atoms with Crippen LogP contribution in [0, 0.1) is 0 Å². The summed E-state index contributed by atoms with van der Waals surface area (Å²) >= 11 is 0. The minimum atomic E-state index is -3.53. The van der Waals surface area contributed by atoms with Crippen LogP contribution in [0.5, 0.6) is 0 Å². The fourth-order valence-electron chi connectivity index (χ4n) is 2.52. The van der Waals surface area contributed by atoms with E-state index in [-0.39, 0.29) is 23.4 Å². The molecular formula is C16H24N2O4S. The van der Waals surface area contributed by atoms with Crippen LogP contribution in [0.1, 0.15) is 26.3 Å². The van der Waals surface area contributed by atoms with Gasteiger partial charge in [-0.25, -0.2) is 13.2 Å². The summed E-state index contributed by atoms with van der Waals surface area (Å²) in [6.45, 7) is 7.49. The van der Waals surface area contributed by atoms with Crippen LogP contribution >= 0.6 is 0 Å². The third-order valence-electron chi connectivity index (χ3n) is 4.03. The molecule has 23 heavy (non-hydrogen) atoms. The van der Waals surface area contributed by atoms with Crippen LogP contribution in [0.3, 0.4) is 0 Å². The maximum Gasteiger partial charge on any atom is 0.409 e. The van der Waals surface area contributed by atoms with E-state index in [1.807, 2.05) is 12.1 Å². The Labute approximate surface area is 138 Å². The quantitative estimate of drug-likeness (QED) is 0.826. The van der Waals surface area contributed by atoms with Crippen molar-refractivity contribution in [1.82, 2.24) is 9.21 Å². The van der Waals surface area contributed by atoms with Crippen molar-refractivity contribution in [2.24, 2.45) is 0 Å². The van der Waals surface area contributed by atoms with Crippen LogP contribution < -0.4 is 0 Å². The molecule has 1 aromatic carbocycles. The second kappa shape index (κ2) is 6.49. The number of hydrogen-bond donors (Lipinski definition) is 0. The summed E-state index contributed by atoms with van der Waals surface area (Å²) in [4.78, 5) is 13.3. The molecule has 7 heteroatoms. The highest BCUT2D eigenvalue weighted by Gasteiger charge is 2.30. The van der Waals surface area contributed by atoms with Crippen LogP contribution in [0.25, 0.3) is 0 Å². The lowest BCUT2D eigenvalue weighted by molar-refractivity contribution is 0.108. The van der Waals surface area contributed by atoms with E-state index in [9.17, 15) is 13.2 Å². The number of methoxy groups -OCH3 is 1. The summed E-state index contributed by atoms with van der Waals surface area (Å²) in [5.74, 6) is 0. The highest BCUT2D eigenvalue weighted by Crippen LogP contribution is 2.25. The molecule has 0 unspecified atom stereocenters. The summed E-state index contributed by atoms with van der Waals surface area (Å²) in [5, 5.41) is 0. The number of sulfonamides is 1.